The molecule has 2 aromatic carbocycles. The Morgan fingerprint density at radius 2 is 1.82 bits per heavy atom. The fourth-order valence-corrected chi connectivity index (χ4v) is 2.46. The second kappa shape index (κ2) is 7.92. The van der Waals surface area contributed by atoms with Crippen LogP contribution in [0.25, 0.3) is 0 Å². The second-order valence-electron chi connectivity index (χ2n) is 4.58. The molecule has 22 heavy (non-hydrogen) atoms. The number of rotatable bonds is 6. The van der Waals surface area contributed by atoms with E-state index in [0.29, 0.717) is 34.4 Å². The van der Waals surface area contributed by atoms with Crippen molar-refractivity contribution < 1.29 is 9.53 Å². The van der Waals surface area contributed by atoms with E-state index in [0.717, 1.165) is 5.69 Å². The maximum Gasteiger partial charge on any atom is 0.226 e. The van der Waals surface area contributed by atoms with E-state index in [1.807, 2.05) is 12.1 Å². The Hall–Kier alpha value is -1.91. The number of amides is 1. The molecular formula is C16H16Cl2N2O2. The fraction of sp³-hybridized carbons (Fsp3) is 0.188. The van der Waals surface area contributed by atoms with Crippen molar-refractivity contribution in [1.82, 2.24) is 0 Å². The zero-order valence-corrected chi connectivity index (χ0v) is 13.5. The average molecular weight is 339 g/mol. The molecule has 0 fully saturated rings. The fourth-order valence-electron chi connectivity index (χ4n) is 1.94. The highest BCUT2D eigenvalue weighted by Gasteiger charge is 2.06. The summed E-state index contributed by atoms with van der Waals surface area (Å²) in [5, 5.41) is 7.02. The molecule has 0 aliphatic carbocycles. The number of anilines is 2. The highest BCUT2D eigenvalue weighted by atomic mass is 35.5. The number of carbonyl (C=O) groups is 1. The summed E-state index contributed by atoms with van der Waals surface area (Å²) in [4.78, 5) is 11.9. The first kappa shape index (κ1) is 16.5. The van der Waals surface area contributed by atoms with Crippen molar-refractivity contribution in [1.29, 1.82) is 0 Å². The molecule has 0 aliphatic heterocycles. The van der Waals surface area contributed by atoms with E-state index in [1.54, 1.807) is 37.4 Å². The third kappa shape index (κ3) is 4.83. The third-order valence-corrected chi connectivity index (χ3v) is 3.36. The molecule has 0 atom stereocenters. The van der Waals surface area contributed by atoms with Crippen LogP contribution in [0.2, 0.25) is 10.0 Å². The molecule has 2 N–H and O–H groups in total. The Labute approximate surface area is 139 Å². The van der Waals surface area contributed by atoms with Crippen molar-refractivity contribution >= 4 is 40.5 Å². The number of hydrogen-bond donors (Lipinski definition) is 2. The van der Waals surface area contributed by atoms with E-state index in [-0.39, 0.29) is 5.91 Å². The third-order valence-electron chi connectivity index (χ3n) is 2.92. The lowest BCUT2D eigenvalue weighted by atomic mass is 10.2. The van der Waals surface area contributed by atoms with Crippen molar-refractivity contribution in [3.05, 3.63) is 52.5 Å². The van der Waals surface area contributed by atoms with Crippen LogP contribution < -0.4 is 15.4 Å². The van der Waals surface area contributed by atoms with Gasteiger partial charge in [-0.15, -0.1) is 0 Å². The van der Waals surface area contributed by atoms with Crippen LogP contribution in [0, 0.1) is 0 Å². The number of nitrogens with one attached hydrogen (secondary N) is 2. The number of para-hydroxylation sites is 2. The highest BCUT2D eigenvalue weighted by molar-refractivity contribution is 6.35. The molecule has 0 radical (unpaired) electrons. The molecule has 0 heterocycles. The largest absolute Gasteiger partial charge is 0.495 e. The lowest BCUT2D eigenvalue weighted by Crippen LogP contribution is -2.16. The van der Waals surface area contributed by atoms with E-state index in [4.69, 9.17) is 27.9 Å². The van der Waals surface area contributed by atoms with E-state index in [1.165, 1.54) is 0 Å². The molecule has 0 aliphatic rings. The minimum Gasteiger partial charge on any atom is -0.495 e. The molecule has 1 amide bonds. The summed E-state index contributed by atoms with van der Waals surface area (Å²) < 4.78 is 5.19. The van der Waals surface area contributed by atoms with E-state index in [9.17, 15) is 4.79 Å². The molecule has 4 nitrogen and oxygen atoms in total. The zero-order chi connectivity index (χ0) is 15.9. The first-order valence-electron chi connectivity index (χ1n) is 6.71. The van der Waals surface area contributed by atoms with Crippen molar-refractivity contribution in [2.75, 3.05) is 24.3 Å². The van der Waals surface area contributed by atoms with Gasteiger partial charge in [-0.2, -0.15) is 0 Å². The van der Waals surface area contributed by atoms with Gasteiger partial charge in [0, 0.05) is 28.7 Å². The summed E-state index contributed by atoms with van der Waals surface area (Å²) in [5.74, 6) is 0.524. The highest BCUT2D eigenvalue weighted by Crippen LogP contribution is 2.24. The number of methoxy groups -OCH3 is 1. The van der Waals surface area contributed by atoms with Crippen LogP contribution >= 0.6 is 23.2 Å². The maximum absolute atomic E-state index is 11.9. The van der Waals surface area contributed by atoms with E-state index < -0.39 is 0 Å². The van der Waals surface area contributed by atoms with Gasteiger partial charge >= 0.3 is 0 Å². The van der Waals surface area contributed by atoms with Crippen molar-refractivity contribution in [3.63, 3.8) is 0 Å². The number of ether oxygens (including phenoxy) is 1. The van der Waals surface area contributed by atoms with Gasteiger partial charge in [-0.3, -0.25) is 4.79 Å². The molecule has 2 aromatic rings. The number of carbonyl (C=O) groups excluding carboxylic acids is 1. The van der Waals surface area contributed by atoms with Crippen LogP contribution in [-0.4, -0.2) is 19.6 Å². The van der Waals surface area contributed by atoms with Crippen molar-refractivity contribution in [2.24, 2.45) is 0 Å². The molecule has 0 bridgehead atoms. The van der Waals surface area contributed by atoms with Gasteiger partial charge < -0.3 is 15.4 Å². The lowest BCUT2D eigenvalue weighted by molar-refractivity contribution is -0.115. The predicted molar refractivity (Wildman–Crippen MR) is 91.2 cm³/mol. The van der Waals surface area contributed by atoms with E-state index in [2.05, 4.69) is 10.6 Å². The summed E-state index contributed by atoms with van der Waals surface area (Å²) in [6.45, 7) is 0.470. The number of benzene rings is 2. The van der Waals surface area contributed by atoms with Crippen LogP contribution in [0.5, 0.6) is 5.75 Å². The standard InChI is InChI=1S/C16H16Cl2N2O2/c1-22-15-5-3-2-4-14(15)20-16(21)6-7-19-13-9-11(17)8-12(18)10-13/h2-5,8-10,19H,6-7H2,1H3,(H,20,21). The maximum atomic E-state index is 11.9. The Balaban J connectivity index is 1.85. The quantitative estimate of drug-likeness (QED) is 0.818. The summed E-state index contributed by atoms with van der Waals surface area (Å²) >= 11 is 11.8. The van der Waals surface area contributed by atoms with Gasteiger partial charge in [0.15, 0.2) is 0 Å². The van der Waals surface area contributed by atoms with Crippen LogP contribution in [-0.2, 0) is 4.79 Å². The molecule has 0 saturated heterocycles. The lowest BCUT2D eigenvalue weighted by Gasteiger charge is -2.10. The Morgan fingerprint density at radius 1 is 1.14 bits per heavy atom. The summed E-state index contributed by atoms with van der Waals surface area (Å²) in [7, 11) is 1.56. The van der Waals surface area contributed by atoms with Gasteiger partial charge in [-0.25, -0.2) is 0 Å². The summed E-state index contributed by atoms with van der Waals surface area (Å²) in [5.41, 5.74) is 1.43. The summed E-state index contributed by atoms with van der Waals surface area (Å²) in [6, 6.07) is 12.4. The van der Waals surface area contributed by atoms with Gasteiger partial charge in [0.1, 0.15) is 5.75 Å². The van der Waals surface area contributed by atoms with Crippen molar-refractivity contribution in [2.45, 2.75) is 6.42 Å². The van der Waals surface area contributed by atoms with Crippen LogP contribution in [0.15, 0.2) is 42.5 Å². The minimum atomic E-state index is -0.106. The van der Waals surface area contributed by atoms with Crippen molar-refractivity contribution in [3.8, 4) is 5.75 Å². The first-order valence-corrected chi connectivity index (χ1v) is 7.47. The van der Waals surface area contributed by atoms with Gasteiger partial charge in [-0.1, -0.05) is 35.3 Å². The minimum absolute atomic E-state index is 0.106. The molecule has 0 spiro atoms. The predicted octanol–water partition coefficient (Wildman–Crippen LogP) is 4.44. The normalized spacial score (nSPS) is 10.1. The Morgan fingerprint density at radius 3 is 2.50 bits per heavy atom. The second-order valence-corrected chi connectivity index (χ2v) is 5.46. The molecule has 0 unspecified atom stereocenters. The van der Waals surface area contributed by atoms with Gasteiger partial charge in [0.05, 0.1) is 12.8 Å². The Bertz CT molecular complexity index is 642. The molecule has 0 aromatic heterocycles. The zero-order valence-electron chi connectivity index (χ0n) is 12.0. The van der Waals surface area contributed by atoms with Crippen LogP contribution in [0.1, 0.15) is 6.42 Å². The monoisotopic (exact) mass is 338 g/mol. The molecule has 0 saturated carbocycles. The average Bonchev–Trinajstić information content (AvgIpc) is 2.46. The number of hydrogen-bond acceptors (Lipinski definition) is 3. The van der Waals surface area contributed by atoms with Gasteiger partial charge in [0.2, 0.25) is 5.91 Å². The summed E-state index contributed by atoms with van der Waals surface area (Å²) in [6.07, 6.45) is 0.308. The molecule has 2 rings (SSSR count). The molecular weight excluding hydrogens is 323 g/mol. The number of halogens is 2. The van der Waals surface area contributed by atoms with Crippen LogP contribution in [0.3, 0.4) is 0 Å². The van der Waals surface area contributed by atoms with Crippen LogP contribution in [0.4, 0.5) is 11.4 Å². The molecule has 116 valence electrons. The smallest absolute Gasteiger partial charge is 0.226 e. The molecule has 6 heteroatoms. The van der Waals surface area contributed by atoms with Gasteiger partial charge in [0.25, 0.3) is 0 Å². The SMILES string of the molecule is COc1ccccc1NC(=O)CCNc1cc(Cl)cc(Cl)c1. The van der Waals surface area contributed by atoms with Gasteiger partial charge in [-0.05, 0) is 30.3 Å². The first-order chi connectivity index (χ1) is 10.6. The van der Waals surface area contributed by atoms with E-state index >= 15 is 0 Å². The Kier molecular flexibility index (Phi) is 5.92. The topological polar surface area (TPSA) is 50.4 Å².